The standard InChI is InChI=1S/C19H17F2N3O2/c20-19(21)26-24(12-13-5-2-1-3-6-13)16-8-4-7-15(22)18(16)14-9-10-17(25)23-11-14/h1-11,19H,12,22H2,(H,23,25). The number of aromatic nitrogens is 1. The summed E-state index contributed by atoms with van der Waals surface area (Å²) in [5.41, 5.74) is 8.47. The summed E-state index contributed by atoms with van der Waals surface area (Å²) >= 11 is 0. The van der Waals surface area contributed by atoms with Crippen LogP contribution in [0, 0.1) is 0 Å². The fourth-order valence-electron chi connectivity index (χ4n) is 2.67. The Balaban J connectivity index is 2.07. The molecule has 0 bridgehead atoms. The topological polar surface area (TPSA) is 71.3 Å². The molecule has 3 N–H and O–H groups in total. The maximum Gasteiger partial charge on any atom is 0.364 e. The van der Waals surface area contributed by atoms with Gasteiger partial charge in [-0.25, -0.2) is 9.90 Å². The normalized spacial score (nSPS) is 10.9. The molecule has 3 rings (SSSR count). The smallest absolute Gasteiger partial charge is 0.364 e. The first-order chi connectivity index (χ1) is 12.5. The predicted molar refractivity (Wildman–Crippen MR) is 96.6 cm³/mol. The molecule has 134 valence electrons. The number of hydrogen-bond acceptors (Lipinski definition) is 4. The second kappa shape index (κ2) is 7.79. The number of benzene rings is 2. The van der Waals surface area contributed by atoms with Gasteiger partial charge in [0.1, 0.15) is 0 Å². The van der Waals surface area contributed by atoms with Crippen molar-refractivity contribution in [1.29, 1.82) is 0 Å². The van der Waals surface area contributed by atoms with E-state index in [-0.39, 0.29) is 12.1 Å². The quantitative estimate of drug-likeness (QED) is 0.520. The average molecular weight is 357 g/mol. The van der Waals surface area contributed by atoms with E-state index in [4.69, 9.17) is 10.6 Å². The SMILES string of the molecule is Nc1cccc(N(Cc2ccccc2)OC(F)F)c1-c1ccc(=O)[nH]c1. The first kappa shape index (κ1) is 17.6. The number of halogens is 2. The summed E-state index contributed by atoms with van der Waals surface area (Å²) in [6.07, 6.45) is 1.49. The van der Waals surface area contributed by atoms with Crippen LogP contribution in [-0.2, 0) is 11.4 Å². The van der Waals surface area contributed by atoms with Gasteiger partial charge >= 0.3 is 6.61 Å². The lowest BCUT2D eigenvalue weighted by Gasteiger charge is -2.26. The number of nitrogens with zero attached hydrogens (tertiary/aromatic N) is 1. The Morgan fingerprint density at radius 2 is 1.81 bits per heavy atom. The molecule has 26 heavy (non-hydrogen) atoms. The van der Waals surface area contributed by atoms with Crippen molar-refractivity contribution in [2.45, 2.75) is 13.2 Å². The highest BCUT2D eigenvalue weighted by atomic mass is 19.3. The molecular formula is C19H17F2N3O2. The number of rotatable bonds is 6. The summed E-state index contributed by atoms with van der Waals surface area (Å²) < 4.78 is 26.0. The number of H-pyrrole nitrogens is 1. The highest BCUT2D eigenvalue weighted by Crippen LogP contribution is 2.36. The van der Waals surface area contributed by atoms with Crippen LogP contribution in [0.4, 0.5) is 20.2 Å². The van der Waals surface area contributed by atoms with Crippen LogP contribution in [0.2, 0.25) is 0 Å². The zero-order chi connectivity index (χ0) is 18.5. The summed E-state index contributed by atoms with van der Waals surface area (Å²) in [6, 6.07) is 17.0. The van der Waals surface area contributed by atoms with Crippen molar-refractivity contribution in [3.8, 4) is 11.1 Å². The number of pyridine rings is 1. The monoisotopic (exact) mass is 357 g/mol. The molecule has 7 heteroatoms. The molecule has 1 heterocycles. The van der Waals surface area contributed by atoms with Gasteiger partial charge in [0.25, 0.3) is 0 Å². The van der Waals surface area contributed by atoms with Crippen molar-refractivity contribution >= 4 is 11.4 Å². The second-order valence-corrected chi connectivity index (χ2v) is 5.57. The van der Waals surface area contributed by atoms with Gasteiger partial charge in [0.15, 0.2) is 0 Å². The van der Waals surface area contributed by atoms with Crippen molar-refractivity contribution in [3.63, 3.8) is 0 Å². The lowest BCUT2D eigenvalue weighted by Crippen LogP contribution is -2.26. The first-order valence-corrected chi connectivity index (χ1v) is 7.88. The minimum Gasteiger partial charge on any atom is -0.398 e. The molecule has 5 nitrogen and oxygen atoms in total. The Bertz CT molecular complexity index is 909. The predicted octanol–water partition coefficient (Wildman–Crippen LogP) is 3.78. The number of nitrogens with two attached hydrogens (primary N) is 1. The van der Waals surface area contributed by atoms with Gasteiger partial charge in [0, 0.05) is 29.1 Å². The minimum absolute atomic E-state index is 0.102. The number of nitrogen functional groups attached to an aromatic ring is 1. The van der Waals surface area contributed by atoms with Crippen molar-refractivity contribution in [1.82, 2.24) is 4.98 Å². The number of aromatic amines is 1. The van der Waals surface area contributed by atoms with E-state index < -0.39 is 6.61 Å². The average Bonchev–Trinajstić information content (AvgIpc) is 2.62. The zero-order valence-corrected chi connectivity index (χ0v) is 13.7. The third-order valence-corrected chi connectivity index (χ3v) is 3.79. The van der Waals surface area contributed by atoms with Crippen LogP contribution in [0.15, 0.2) is 71.7 Å². The second-order valence-electron chi connectivity index (χ2n) is 5.57. The van der Waals surface area contributed by atoms with E-state index in [1.165, 1.54) is 12.3 Å². The Labute approximate surface area is 148 Å². The maximum atomic E-state index is 13.0. The molecule has 0 aliphatic carbocycles. The minimum atomic E-state index is -3.00. The number of nitrogens with one attached hydrogen (secondary N) is 1. The zero-order valence-electron chi connectivity index (χ0n) is 13.7. The van der Waals surface area contributed by atoms with Gasteiger partial charge in [-0.15, -0.1) is 0 Å². The van der Waals surface area contributed by atoms with Crippen molar-refractivity contribution < 1.29 is 13.6 Å². The van der Waals surface area contributed by atoms with E-state index in [0.29, 0.717) is 22.5 Å². The third kappa shape index (κ3) is 4.07. The molecule has 0 spiro atoms. The van der Waals surface area contributed by atoms with Crippen molar-refractivity contribution in [2.24, 2.45) is 0 Å². The molecule has 0 atom stereocenters. The van der Waals surface area contributed by atoms with E-state index in [2.05, 4.69) is 4.98 Å². The van der Waals surface area contributed by atoms with E-state index in [1.54, 1.807) is 24.3 Å². The van der Waals surface area contributed by atoms with Gasteiger partial charge in [0.2, 0.25) is 5.56 Å². The Morgan fingerprint density at radius 1 is 1.04 bits per heavy atom. The summed E-state index contributed by atoms with van der Waals surface area (Å²) in [6.45, 7) is -2.89. The number of alkyl halides is 2. The molecule has 0 radical (unpaired) electrons. The van der Waals surface area contributed by atoms with Gasteiger partial charge in [0.05, 0.1) is 12.2 Å². The van der Waals surface area contributed by atoms with Crippen molar-refractivity contribution in [3.05, 3.63) is 82.8 Å². The molecular weight excluding hydrogens is 340 g/mol. The van der Waals surface area contributed by atoms with Gasteiger partial charge in [-0.1, -0.05) is 36.4 Å². The van der Waals surface area contributed by atoms with E-state index in [1.807, 2.05) is 30.3 Å². The fourth-order valence-corrected chi connectivity index (χ4v) is 2.67. The van der Waals surface area contributed by atoms with Crippen LogP contribution < -0.4 is 16.4 Å². The van der Waals surface area contributed by atoms with Crippen LogP contribution in [0.3, 0.4) is 0 Å². The van der Waals surface area contributed by atoms with Gasteiger partial charge in [-0.3, -0.25) is 4.79 Å². The molecule has 0 fully saturated rings. The first-order valence-electron chi connectivity index (χ1n) is 7.88. The molecule has 1 aromatic heterocycles. The molecule has 0 saturated carbocycles. The highest BCUT2D eigenvalue weighted by Gasteiger charge is 2.20. The van der Waals surface area contributed by atoms with Crippen LogP contribution in [0.1, 0.15) is 5.56 Å². The maximum absolute atomic E-state index is 13.0. The van der Waals surface area contributed by atoms with Crippen LogP contribution >= 0.6 is 0 Å². The molecule has 0 amide bonds. The lowest BCUT2D eigenvalue weighted by atomic mass is 10.0. The third-order valence-electron chi connectivity index (χ3n) is 3.79. The molecule has 2 aromatic carbocycles. The van der Waals surface area contributed by atoms with Gasteiger partial charge in [-0.2, -0.15) is 8.78 Å². The summed E-state index contributed by atoms with van der Waals surface area (Å²) in [5, 5.41) is 1.11. The van der Waals surface area contributed by atoms with E-state index >= 15 is 0 Å². The molecule has 0 aliphatic heterocycles. The molecule has 0 aliphatic rings. The Kier molecular flexibility index (Phi) is 5.28. The van der Waals surface area contributed by atoms with Crippen LogP contribution in [0.25, 0.3) is 11.1 Å². The Hall–Kier alpha value is -3.19. The number of anilines is 2. The Morgan fingerprint density at radius 3 is 2.46 bits per heavy atom. The van der Waals surface area contributed by atoms with E-state index in [0.717, 1.165) is 10.6 Å². The van der Waals surface area contributed by atoms with Crippen LogP contribution in [0.5, 0.6) is 0 Å². The highest BCUT2D eigenvalue weighted by molar-refractivity contribution is 5.87. The number of hydroxylamine groups is 1. The summed E-state index contributed by atoms with van der Waals surface area (Å²) in [5.74, 6) is 0. The summed E-state index contributed by atoms with van der Waals surface area (Å²) in [4.78, 5) is 18.6. The number of hydrogen-bond donors (Lipinski definition) is 2. The fraction of sp³-hybridized carbons (Fsp3) is 0.105. The van der Waals surface area contributed by atoms with Crippen molar-refractivity contribution in [2.75, 3.05) is 10.8 Å². The van der Waals surface area contributed by atoms with Crippen LogP contribution in [-0.4, -0.2) is 11.6 Å². The lowest BCUT2D eigenvalue weighted by molar-refractivity contribution is -0.140. The molecule has 0 unspecified atom stereocenters. The molecule has 3 aromatic rings. The van der Waals surface area contributed by atoms with E-state index in [9.17, 15) is 13.6 Å². The summed E-state index contributed by atoms with van der Waals surface area (Å²) in [7, 11) is 0. The van der Waals surface area contributed by atoms with Gasteiger partial charge < -0.3 is 10.7 Å². The molecule has 0 saturated heterocycles. The van der Waals surface area contributed by atoms with Gasteiger partial charge in [-0.05, 0) is 23.8 Å². The largest absolute Gasteiger partial charge is 0.398 e.